The Bertz CT molecular complexity index is 577. The molecule has 1 aromatic heterocycles. The van der Waals surface area contributed by atoms with Gasteiger partial charge in [0.15, 0.2) is 5.82 Å². The summed E-state index contributed by atoms with van der Waals surface area (Å²) < 4.78 is 5.00. The van der Waals surface area contributed by atoms with E-state index in [2.05, 4.69) is 15.3 Å². The van der Waals surface area contributed by atoms with E-state index < -0.39 is 0 Å². The second-order valence-corrected chi connectivity index (χ2v) is 4.21. The van der Waals surface area contributed by atoms with Crippen LogP contribution in [-0.4, -0.2) is 17.1 Å². The average molecular weight is 285 g/mol. The van der Waals surface area contributed by atoms with Crippen molar-refractivity contribution in [1.82, 2.24) is 9.97 Å². The highest BCUT2D eigenvalue weighted by Crippen LogP contribution is 2.30. The molecule has 0 radical (unpaired) electrons. The van der Waals surface area contributed by atoms with E-state index in [0.717, 1.165) is 5.69 Å². The minimum atomic E-state index is 0.313. The van der Waals surface area contributed by atoms with E-state index in [1.54, 1.807) is 18.2 Å². The van der Waals surface area contributed by atoms with Gasteiger partial charge in [-0.25, -0.2) is 4.98 Å². The van der Waals surface area contributed by atoms with Crippen molar-refractivity contribution in [3.8, 4) is 5.88 Å². The molecule has 0 saturated carbocycles. The Hall–Kier alpha value is -1.72. The van der Waals surface area contributed by atoms with E-state index in [1.165, 1.54) is 13.4 Å². The molecule has 2 rings (SSSR count). The second-order valence-electron chi connectivity index (χ2n) is 3.40. The lowest BCUT2D eigenvalue weighted by molar-refractivity contribution is 0.399. The molecule has 0 fully saturated rings. The molecular formula is C11H10Cl2N4O. The third-order valence-corrected chi connectivity index (χ3v) is 2.96. The van der Waals surface area contributed by atoms with Crippen molar-refractivity contribution in [2.24, 2.45) is 0 Å². The van der Waals surface area contributed by atoms with Gasteiger partial charge >= 0.3 is 0 Å². The molecule has 2 aromatic rings. The number of benzene rings is 1. The number of hydrogen-bond donors (Lipinski definition) is 2. The molecule has 94 valence electrons. The van der Waals surface area contributed by atoms with Crippen molar-refractivity contribution >= 4 is 40.4 Å². The van der Waals surface area contributed by atoms with E-state index in [9.17, 15) is 0 Å². The quantitative estimate of drug-likeness (QED) is 0.906. The van der Waals surface area contributed by atoms with Crippen LogP contribution in [-0.2, 0) is 0 Å². The van der Waals surface area contributed by atoms with Gasteiger partial charge in [-0.1, -0.05) is 23.2 Å². The lowest BCUT2D eigenvalue weighted by Gasteiger charge is -2.10. The molecule has 0 atom stereocenters. The number of nitrogen functional groups attached to an aromatic ring is 1. The molecule has 0 spiro atoms. The highest BCUT2D eigenvalue weighted by atomic mass is 35.5. The number of anilines is 3. The number of rotatable bonds is 3. The van der Waals surface area contributed by atoms with Gasteiger partial charge in [0.25, 0.3) is 0 Å². The van der Waals surface area contributed by atoms with Crippen LogP contribution in [0.2, 0.25) is 10.0 Å². The zero-order chi connectivity index (χ0) is 13.1. The fourth-order valence-corrected chi connectivity index (χ4v) is 1.65. The fraction of sp³-hybridized carbons (Fsp3) is 0.0909. The fourth-order valence-electron chi connectivity index (χ4n) is 1.35. The van der Waals surface area contributed by atoms with Gasteiger partial charge in [0, 0.05) is 5.69 Å². The second kappa shape index (κ2) is 5.29. The molecule has 0 aliphatic rings. The third-order valence-electron chi connectivity index (χ3n) is 2.22. The molecule has 1 heterocycles. The largest absolute Gasteiger partial charge is 0.479 e. The minimum absolute atomic E-state index is 0.313. The SMILES string of the molecule is COc1ncnc(Nc2ccc(Cl)c(Cl)c2)c1N. The molecule has 0 saturated heterocycles. The summed E-state index contributed by atoms with van der Waals surface area (Å²) in [7, 11) is 1.49. The van der Waals surface area contributed by atoms with E-state index in [0.29, 0.717) is 27.4 Å². The van der Waals surface area contributed by atoms with E-state index in [-0.39, 0.29) is 0 Å². The number of hydrogen-bond acceptors (Lipinski definition) is 5. The highest BCUT2D eigenvalue weighted by Gasteiger charge is 2.09. The van der Waals surface area contributed by atoms with Gasteiger partial charge in [0.1, 0.15) is 12.0 Å². The number of nitrogens with one attached hydrogen (secondary N) is 1. The minimum Gasteiger partial charge on any atom is -0.479 e. The normalized spacial score (nSPS) is 10.2. The molecule has 18 heavy (non-hydrogen) atoms. The summed E-state index contributed by atoms with van der Waals surface area (Å²) in [6, 6.07) is 5.13. The monoisotopic (exact) mass is 284 g/mol. The van der Waals surface area contributed by atoms with Gasteiger partial charge in [-0.05, 0) is 18.2 Å². The van der Waals surface area contributed by atoms with Crippen LogP contribution in [0.5, 0.6) is 5.88 Å². The summed E-state index contributed by atoms with van der Waals surface area (Å²) >= 11 is 11.8. The number of halogens is 2. The molecule has 0 amide bonds. The summed E-state index contributed by atoms with van der Waals surface area (Å²) in [5.74, 6) is 0.757. The number of ether oxygens (including phenoxy) is 1. The smallest absolute Gasteiger partial charge is 0.242 e. The maximum absolute atomic E-state index is 5.92. The predicted octanol–water partition coefficient (Wildman–Crippen LogP) is 3.12. The van der Waals surface area contributed by atoms with Gasteiger partial charge in [-0.15, -0.1) is 0 Å². The summed E-state index contributed by atoms with van der Waals surface area (Å²) in [5.41, 5.74) is 6.88. The topological polar surface area (TPSA) is 73.1 Å². The number of aromatic nitrogens is 2. The molecule has 3 N–H and O–H groups in total. The van der Waals surface area contributed by atoms with E-state index in [4.69, 9.17) is 33.7 Å². The van der Waals surface area contributed by atoms with Crippen LogP contribution in [0.15, 0.2) is 24.5 Å². The lowest BCUT2D eigenvalue weighted by atomic mass is 10.3. The van der Waals surface area contributed by atoms with Crippen molar-refractivity contribution in [2.45, 2.75) is 0 Å². The van der Waals surface area contributed by atoms with Gasteiger partial charge < -0.3 is 15.8 Å². The van der Waals surface area contributed by atoms with Crippen LogP contribution in [0, 0.1) is 0 Å². The van der Waals surface area contributed by atoms with Crippen LogP contribution < -0.4 is 15.8 Å². The maximum atomic E-state index is 5.92. The van der Waals surface area contributed by atoms with Crippen molar-refractivity contribution in [3.05, 3.63) is 34.6 Å². The Balaban J connectivity index is 2.31. The molecule has 0 bridgehead atoms. The number of nitrogens with two attached hydrogens (primary N) is 1. The Morgan fingerprint density at radius 2 is 2.00 bits per heavy atom. The Kier molecular flexibility index (Phi) is 3.74. The van der Waals surface area contributed by atoms with Gasteiger partial charge in [-0.2, -0.15) is 4.98 Å². The zero-order valence-corrected chi connectivity index (χ0v) is 11.0. The summed E-state index contributed by atoms with van der Waals surface area (Å²) in [6.45, 7) is 0. The maximum Gasteiger partial charge on any atom is 0.242 e. The Morgan fingerprint density at radius 1 is 1.22 bits per heavy atom. The van der Waals surface area contributed by atoms with Crippen molar-refractivity contribution in [2.75, 3.05) is 18.2 Å². The molecule has 0 aliphatic heterocycles. The van der Waals surface area contributed by atoms with Crippen molar-refractivity contribution in [3.63, 3.8) is 0 Å². The Labute approximate surface area is 114 Å². The van der Waals surface area contributed by atoms with Crippen LogP contribution >= 0.6 is 23.2 Å². The molecule has 5 nitrogen and oxygen atoms in total. The Morgan fingerprint density at radius 3 is 2.67 bits per heavy atom. The molecule has 0 aliphatic carbocycles. The molecule has 0 unspecified atom stereocenters. The summed E-state index contributed by atoms with van der Waals surface area (Å²) in [5, 5.41) is 3.94. The highest BCUT2D eigenvalue weighted by molar-refractivity contribution is 6.42. The summed E-state index contributed by atoms with van der Waals surface area (Å²) in [6.07, 6.45) is 1.36. The predicted molar refractivity (Wildman–Crippen MR) is 72.7 cm³/mol. The lowest BCUT2D eigenvalue weighted by Crippen LogP contribution is -2.03. The van der Waals surface area contributed by atoms with Gasteiger partial charge in [-0.3, -0.25) is 0 Å². The van der Waals surface area contributed by atoms with Gasteiger partial charge in [0.2, 0.25) is 5.88 Å². The third kappa shape index (κ3) is 2.57. The van der Waals surface area contributed by atoms with Crippen LogP contribution in [0.3, 0.4) is 0 Å². The molecular weight excluding hydrogens is 275 g/mol. The van der Waals surface area contributed by atoms with Gasteiger partial charge in [0.05, 0.1) is 17.2 Å². The molecule has 1 aromatic carbocycles. The van der Waals surface area contributed by atoms with E-state index >= 15 is 0 Å². The first-order valence-corrected chi connectivity index (χ1v) is 5.74. The van der Waals surface area contributed by atoms with Crippen LogP contribution in [0.25, 0.3) is 0 Å². The first-order chi connectivity index (χ1) is 8.61. The number of nitrogens with zero attached hydrogens (tertiary/aromatic N) is 2. The standard InChI is InChI=1S/C11H10Cl2N4O/c1-18-11-9(14)10(15-5-16-11)17-6-2-3-7(12)8(13)4-6/h2-5H,14H2,1H3,(H,15,16,17). The number of methoxy groups -OCH3 is 1. The van der Waals surface area contributed by atoms with Crippen LogP contribution in [0.1, 0.15) is 0 Å². The average Bonchev–Trinajstić information content (AvgIpc) is 2.36. The van der Waals surface area contributed by atoms with Crippen LogP contribution in [0.4, 0.5) is 17.2 Å². The van der Waals surface area contributed by atoms with E-state index in [1.807, 2.05) is 0 Å². The molecule has 7 heteroatoms. The van der Waals surface area contributed by atoms with Crippen molar-refractivity contribution < 1.29 is 4.74 Å². The first kappa shape index (κ1) is 12.7. The summed E-state index contributed by atoms with van der Waals surface area (Å²) in [4.78, 5) is 7.92. The zero-order valence-electron chi connectivity index (χ0n) is 9.45. The first-order valence-electron chi connectivity index (χ1n) is 4.98. The van der Waals surface area contributed by atoms with Crippen molar-refractivity contribution in [1.29, 1.82) is 0 Å².